The number of methoxy groups -OCH3 is 2. The number of nitrogens with zero attached hydrogens (tertiary/aromatic N) is 1. The van der Waals surface area contributed by atoms with Crippen molar-refractivity contribution in [1.29, 1.82) is 0 Å². The quantitative estimate of drug-likeness (QED) is 0.694. The molecule has 112 valence electrons. The van der Waals surface area contributed by atoms with Gasteiger partial charge in [-0.3, -0.25) is 4.79 Å². The van der Waals surface area contributed by atoms with Gasteiger partial charge >= 0.3 is 0 Å². The molecular weight excluding hydrogens is 254 g/mol. The zero-order valence-electron chi connectivity index (χ0n) is 12.7. The second-order valence-corrected chi connectivity index (χ2v) is 4.85. The second-order valence-electron chi connectivity index (χ2n) is 4.85. The Hall–Kier alpha value is -1.39. The molecule has 1 amide bonds. The molecule has 0 atom stereocenters. The third-order valence-corrected chi connectivity index (χ3v) is 3.23. The van der Waals surface area contributed by atoms with Crippen LogP contribution in [0.3, 0.4) is 0 Å². The van der Waals surface area contributed by atoms with Crippen molar-refractivity contribution in [1.82, 2.24) is 4.90 Å². The predicted molar refractivity (Wildman–Crippen MR) is 79.8 cm³/mol. The number of carbonyl (C=O) groups is 1. The summed E-state index contributed by atoms with van der Waals surface area (Å²) in [6.07, 6.45) is 1.30. The van der Waals surface area contributed by atoms with E-state index in [0.29, 0.717) is 32.7 Å². The lowest BCUT2D eigenvalue weighted by atomic mass is 10.1. The van der Waals surface area contributed by atoms with Gasteiger partial charge in [-0.2, -0.15) is 0 Å². The molecule has 4 nitrogen and oxygen atoms in total. The Bertz CT molecular complexity index is 381. The van der Waals surface area contributed by atoms with Crippen LogP contribution in [0.25, 0.3) is 0 Å². The summed E-state index contributed by atoms with van der Waals surface area (Å²) in [5.41, 5.74) is 2.43. The number of amides is 1. The Morgan fingerprint density at radius 1 is 1.05 bits per heavy atom. The molecule has 0 fully saturated rings. The number of hydrogen-bond acceptors (Lipinski definition) is 3. The molecule has 0 saturated heterocycles. The van der Waals surface area contributed by atoms with E-state index in [2.05, 4.69) is 31.2 Å². The highest BCUT2D eigenvalue weighted by atomic mass is 16.5. The Kier molecular flexibility index (Phi) is 7.92. The van der Waals surface area contributed by atoms with Gasteiger partial charge in [-0.15, -0.1) is 0 Å². The molecule has 0 saturated carbocycles. The Morgan fingerprint density at radius 3 is 2.10 bits per heavy atom. The first-order valence-electron chi connectivity index (χ1n) is 6.98. The number of benzene rings is 1. The maximum Gasteiger partial charge on any atom is 0.223 e. The molecule has 4 heteroatoms. The molecule has 0 radical (unpaired) electrons. The molecule has 1 rings (SSSR count). The van der Waals surface area contributed by atoms with Crippen molar-refractivity contribution >= 4 is 5.91 Å². The molecule has 0 unspecified atom stereocenters. The van der Waals surface area contributed by atoms with E-state index in [9.17, 15) is 4.79 Å². The summed E-state index contributed by atoms with van der Waals surface area (Å²) in [7, 11) is 3.29. The third kappa shape index (κ3) is 6.17. The van der Waals surface area contributed by atoms with Crippen LogP contribution in [0.15, 0.2) is 24.3 Å². The SMILES string of the molecule is COCCN(CCOC)C(=O)CCc1ccc(C)cc1. The largest absolute Gasteiger partial charge is 0.383 e. The topological polar surface area (TPSA) is 38.8 Å². The van der Waals surface area contributed by atoms with Crippen LogP contribution in [0.1, 0.15) is 17.5 Å². The molecular formula is C16H25NO3. The Balaban J connectivity index is 2.45. The maximum atomic E-state index is 12.2. The van der Waals surface area contributed by atoms with Crippen LogP contribution >= 0.6 is 0 Å². The lowest BCUT2D eigenvalue weighted by Crippen LogP contribution is -2.36. The monoisotopic (exact) mass is 279 g/mol. The second kappa shape index (κ2) is 9.50. The summed E-state index contributed by atoms with van der Waals surface area (Å²) in [4.78, 5) is 14.0. The summed E-state index contributed by atoms with van der Waals surface area (Å²) in [6, 6.07) is 8.31. The fourth-order valence-electron chi connectivity index (χ4n) is 1.93. The summed E-state index contributed by atoms with van der Waals surface area (Å²) in [5.74, 6) is 0.152. The molecule has 0 heterocycles. The van der Waals surface area contributed by atoms with Gasteiger partial charge in [0.2, 0.25) is 5.91 Å². The van der Waals surface area contributed by atoms with E-state index in [-0.39, 0.29) is 5.91 Å². The average Bonchev–Trinajstić information content (AvgIpc) is 2.46. The van der Waals surface area contributed by atoms with Crippen LogP contribution in [0.2, 0.25) is 0 Å². The van der Waals surface area contributed by atoms with Crippen molar-refractivity contribution in [3.63, 3.8) is 0 Å². The number of hydrogen-bond donors (Lipinski definition) is 0. The van der Waals surface area contributed by atoms with Crippen LogP contribution in [-0.4, -0.2) is 51.3 Å². The van der Waals surface area contributed by atoms with Crippen molar-refractivity contribution in [3.05, 3.63) is 35.4 Å². The number of carbonyl (C=O) groups excluding carboxylic acids is 1. The smallest absolute Gasteiger partial charge is 0.223 e. The van der Waals surface area contributed by atoms with Crippen LogP contribution in [0.4, 0.5) is 0 Å². The zero-order chi connectivity index (χ0) is 14.8. The van der Waals surface area contributed by atoms with Gasteiger partial charge in [0.05, 0.1) is 13.2 Å². The van der Waals surface area contributed by atoms with Crippen molar-refractivity contribution in [2.75, 3.05) is 40.5 Å². The summed E-state index contributed by atoms with van der Waals surface area (Å²) in [5, 5.41) is 0. The normalized spacial score (nSPS) is 10.6. The lowest BCUT2D eigenvalue weighted by molar-refractivity contribution is -0.132. The molecule has 0 aliphatic carbocycles. The van der Waals surface area contributed by atoms with E-state index in [1.807, 2.05) is 0 Å². The van der Waals surface area contributed by atoms with Crippen molar-refractivity contribution < 1.29 is 14.3 Å². The van der Waals surface area contributed by atoms with Crippen molar-refractivity contribution in [3.8, 4) is 0 Å². The minimum atomic E-state index is 0.152. The molecule has 20 heavy (non-hydrogen) atoms. The summed E-state index contributed by atoms with van der Waals surface area (Å²) in [6.45, 7) is 4.41. The first-order chi connectivity index (χ1) is 9.67. The minimum absolute atomic E-state index is 0.152. The molecule has 0 spiro atoms. The van der Waals surface area contributed by atoms with E-state index in [1.165, 1.54) is 11.1 Å². The van der Waals surface area contributed by atoms with Gasteiger partial charge in [0.25, 0.3) is 0 Å². The third-order valence-electron chi connectivity index (χ3n) is 3.23. The highest BCUT2D eigenvalue weighted by Gasteiger charge is 2.12. The summed E-state index contributed by atoms with van der Waals surface area (Å²) < 4.78 is 10.1. The van der Waals surface area contributed by atoms with Gasteiger partial charge in [0.15, 0.2) is 0 Å². The standard InChI is InChI=1S/C16H25NO3/c1-14-4-6-15(7-5-14)8-9-16(18)17(10-12-19-2)11-13-20-3/h4-7H,8-13H2,1-3H3. The van der Waals surface area contributed by atoms with Crippen LogP contribution in [0, 0.1) is 6.92 Å². The maximum absolute atomic E-state index is 12.2. The van der Waals surface area contributed by atoms with Gasteiger partial charge in [-0.25, -0.2) is 0 Å². The van der Waals surface area contributed by atoms with Gasteiger partial charge in [-0.05, 0) is 18.9 Å². The van der Waals surface area contributed by atoms with Crippen LogP contribution in [0.5, 0.6) is 0 Å². The zero-order valence-corrected chi connectivity index (χ0v) is 12.7. The molecule has 0 N–H and O–H groups in total. The number of ether oxygens (including phenoxy) is 2. The lowest BCUT2D eigenvalue weighted by Gasteiger charge is -2.22. The fourth-order valence-corrected chi connectivity index (χ4v) is 1.93. The highest BCUT2D eigenvalue weighted by Crippen LogP contribution is 2.07. The van der Waals surface area contributed by atoms with E-state index in [4.69, 9.17) is 9.47 Å². The molecule has 0 aliphatic rings. The first-order valence-corrected chi connectivity index (χ1v) is 6.98. The highest BCUT2D eigenvalue weighted by molar-refractivity contribution is 5.76. The number of aryl methyl sites for hydroxylation is 2. The molecule has 1 aromatic rings. The van der Waals surface area contributed by atoms with E-state index in [0.717, 1.165) is 6.42 Å². The van der Waals surface area contributed by atoms with E-state index in [1.54, 1.807) is 19.1 Å². The van der Waals surface area contributed by atoms with Gasteiger partial charge < -0.3 is 14.4 Å². The van der Waals surface area contributed by atoms with Crippen molar-refractivity contribution in [2.24, 2.45) is 0 Å². The average molecular weight is 279 g/mol. The van der Waals surface area contributed by atoms with Gasteiger partial charge in [0.1, 0.15) is 0 Å². The van der Waals surface area contributed by atoms with E-state index >= 15 is 0 Å². The molecule has 0 bridgehead atoms. The molecule has 1 aromatic carbocycles. The number of rotatable bonds is 9. The van der Waals surface area contributed by atoms with Crippen molar-refractivity contribution in [2.45, 2.75) is 19.8 Å². The fraction of sp³-hybridized carbons (Fsp3) is 0.562. The Labute approximate surface area is 121 Å². The summed E-state index contributed by atoms with van der Waals surface area (Å²) >= 11 is 0. The van der Waals surface area contributed by atoms with Gasteiger partial charge in [-0.1, -0.05) is 29.8 Å². The van der Waals surface area contributed by atoms with E-state index < -0.39 is 0 Å². The van der Waals surface area contributed by atoms with Crippen LogP contribution < -0.4 is 0 Å². The molecule has 0 aliphatic heterocycles. The first kappa shape index (κ1) is 16.7. The Morgan fingerprint density at radius 2 is 1.60 bits per heavy atom. The van der Waals surface area contributed by atoms with Gasteiger partial charge in [0, 0.05) is 33.7 Å². The predicted octanol–water partition coefficient (Wildman–Crippen LogP) is 2.05. The molecule has 0 aromatic heterocycles. The van der Waals surface area contributed by atoms with Crippen LogP contribution in [-0.2, 0) is 20.7 Å². The minimum Gasteiger partial charge on any atom is -0.383 e.